The molecule has 0 heterocycles. The highest BCUT2D eigenvalue weighted by molar-refractivity contribution is 5.33. The summed E-state index contributed by atoms with van der Waals surface area (Å²) in [4.78, 5) is 0. The second-order valence-corrected chi connectivity index (χ2v) is 6.53. The molecule has 0 radical (unpaired) electrons. The Morgan fingerprint density at radius 3 is 2.85 bits per heavy atom. The Morgan fingerprint density at radius 1 is 1.40 bits per heavy atom. The van der Waals surface area contributed by atoms with Crippen molar-refractivity contribution in [3.8, 4) is 5.75 Å². The average molecular weight is 279 g/mol. The molecule has 0 aromatic heterocycles. The molecule has 0 aliphatic heterocycles. The topological polar surface area (TPSA) is 21.3 Å². The molecule has 1 aromatic rings. The van der Waals surface area contributed by atoms with Crippen LogP contribution in [0.3, 0.4) is 0 Å². The Labute approximate surface area is 121 Å². The second-order valence-electron chi connectivity index (χ2n) is 6.53. The Kier molecular flexibility index (Phi) is 4.69. The molecular formula is C17H26FNO. The third-order valence-corrected chi connectivity index (χ3v) is 4.33. The summed E-state index contributed by atoms with van der Waals surface area (Å²) in [6.07, 6.45) is 3.38. The Hall–Kier alpha value is -1.09. The van der Waals surface area contributed by atoms with E-state index >= 15 is 0 Å². The Bertz CT molecular complexity index is 458. The van der Waals surface area contributed by atoms with Crippen LogP contribution in [0.15, 0.2) is 18.2 Å². The van der Waals surface area contributed by atoms with Crippen molar-refractivity contribution < 1.29 is 9.13 Å². The van der Waals surface area contributed by atoms with Gasteiger partial charge in [0.1, 0.15) is 17.7 Å². The van der Waals surface area contributed by atoms with Gasteiger partial charge in [0.25, 0.3) is 0 Å². The maximum atomic E-state index is 13.4. The van der Waals surface area contributed by atoms with Crippen LogP contribution in [0.5, 0.6) is 5.75 Å². The van der Waals surface area contributed by atoms with Crippen molar-refractivity contribution in [1.29, 1.82) is 0 Å². The summed E-state index contributed by atoms with van der Waals surface area (Å²) in [6.45, 7) is 9.69. The number of benzene rings is 1. The monoisotopic (exact) mass is 279 g/mol. The van der Waals surface area contributed by atoms with Crippen molar-refractivity contribution in [2.75, 3.05) is 6.54 Å². The summed E-state index contributed by atoms with van der Waals surface area (Å²) in [5.74, 6) is 0.442. The maximum absolute atomic E-state index is 13.4. The van der Waals surface area contributed by atoms with E-state index in [4.69, 9.17) is 4.74 Å². The van der Waals surface area contributed by atoms with E-state index in [2.05, 4.69) is 26.1 Å². The van der Waals surface area contributed by atoms with E-state index < -0.39 is 0 Å². The van der Waals surface area contributed by atoms with E-state index in [0.29, 0.717) is 11.8 Å². The van der Waals surface area contributed by atoms with Crippen molar-refractivity contribution in [2.24, 2.45) is 5.41 Å². The van der Waals surface area contributed by atoms with Crippen LogP contribution in [0, 0.1) is 18.2 Å². The summed E-state index contributed by atoms with van der Waals surface area (Å²) in [6, 6.07) is 5.08. The number of ether oxygens (including phenoxy) is 1. The number of halogens is 1. The van der Waals surface area contributed by atoms with Crippen LogP contribution >= 0.6 is 0 Å². The fourth-order valence-electron chi connectivity index (χ4n) is 3.04. The fourth-order valence-corrected chi connectivity index (χ4v) is 3.04. The molecule has 1 fully saturated rings. The molecule has 1 aliphatic rings. The lowest BCUT2D eigenvalue weighted by molar-refractivity contribution is 0.139. The van der Waals surface area contributed by atoms with Gasteiger partial charge >= 0.3 is 0 Å². The Balaban J connectivity index is 2.13. The van der Waals surface area contributed by atoms with Gasteiger partial charge in [-0.3, -0.25) is 0 Å². The first-order valence-corrected chi connectivity index (χ1v) is 7.60. The average Bonchev–Trinajstić information content (AvgIpc) is 2.67. The third kappa shape index (κ3) is 3.32. The van der Waals surface area contributed by atoms with Crippen LogP contribution in [0.2, 0.25) is 0 Å². The minimum Gasteiger partial charge on any atom is -0.488 e. The van der Waals surface area contributed by atoms with Gasteiger partial charge in [-0.1, -0.05) is 26.8 Å². The molecule has 1 aromatic carbocycles. The van der Waals surface area contributed by atoms with E-state index in [1.165, 1.54) is 12.1 Å². The molecule has 20 heavy (non-hydrogen) atoms. The van der Waals surface area contributed by atoms with E-state index in [1.807, 2.05) is 6.92 Å². The first-order chi connectivity index (χ1) is 9.44. The molecule has 0 saturated heterocycles. The molecule has 2 atom stereocenters. The van der Waals surface area contributed by atoms with Gasteiger partial charge in [0.05, 0.1) is 0 Å². The summed E-state index contributed by atoms with van der Waals surface area (Å²) >= 11 is 0. The van der Waals surface area contributed by atoms with Crippen LogP contribution in [-0.2, 0) is 0 Å². The summed E-state index contributed by atoms with van der Waals surface area (Å²) < 4.78 is 19.5. The normalized spacial score (nSPS) is 24.9. The lowest BCUT2D eigenvalue weighted by atomic mass is 9.87. The van der Waals surface area contributed by atoms with Gasteiger partial charge in [-0.05, 0) is 49.8 Å². The summed E-state index contributed by atoms with van der Waals surface area (Å²) in [5.41, 5.74) is 1.21. The molecule has 2 rings (SSSR count). The molecule has 0 amide bonds. The van der Waals surface area contributed by atoms with Crippen LogP contribution in [0.1, 0.15) is 45.6 Å². The van der Waals surface area contributed by atoms with Crippen molar-refractivity contribution in [2.45, 2.75) is 59.1 Å². The van der Waals surface area contributed by atoms with Gasteiger partial charge in [0, 0.05) is 12.1 Å². The van der Waals surface area contributed by atoms with Gasteiger partial charge in [-0.25, -0.2) is 4.39 Å². The zero-order valence-electron chi connectivity index (χ0n) is 13.0. The lowest BCUT2D eigenvalue weighted by Crippen LogP contribution is -2.47. The number of aryl methyl sites for hydroxylation is 1. The highest BCUT2D eigenvalue weighted by atomic mass is 19.1. The van der Waals surface area contributed by atoms with E-state index in [-0.39, 0.29) is 17.3 Å². The molecule has 0 bridgehead atoms. The first kappa shape index (κ1) is 15.3. The van der Waals surface area contributed by atoms with Gasteiger partial charge in [-0.2, -0.15) is 0 Å². The zero-order chi connectivity index (χ0) is 14.8. The highest BCUT2D eigenvalue weighted by Gasteiger charge is 2.43. The van der Waals surface area contributed by atoms with Crippen molar-refractivity contribution in [3.05, 3.63) is 29.6 Å². The number of rotatable bonds is 5. The predicted octanol–water partition coefficient (Wildman–Crippen LogP) is 4.07. The fraction of sp³-hybridized carbons (Fsp3) is 0.647. The van der Waals surface area contributed by atoms with E-state index in [9.17, 15) is 4.39 Å². The first-order valence-electron chi connectivity index (χ1n) is 7.60. The van der Waals surface area contributed by atoms with Crippen molar-refractivity contribution >= 4 is 0 Å². The third-order valence-electron chi connectivity index (χ3n) is 4.33. The quantitative estimate of drug-likeness (QED) is 0.877. The minimum absolute atomic E-state index is 0.122. The van der Waals surface area contributed by atoms with E-state index in [0.717, 1.165) is 31.4 Å². The smallest absolute Gasteiger partial charge is 0.126 e. The van der Waals surface area contributed by atoms with Gasteiger partial charge in [0.2, 0.25) is 0 Å². The predicted molar refractivity (Wildman–Crippen MR) is 80.6 cm³/mol. The van der Waals surface area contributed by atoms with Gasteiger partial charge < -0.3 is 10.1 Å². The molecule has 112 valence electrons. The van der Waals surface area contributed by atoms with Gasteiger partial charge in [0.15, 0.2) is 0 Å². The molecule has 2 nitrogen and oxygen atoms in total. The van der Waals surface area contributed by atoms with Crippen LogP contribution < -0.4 is 10.1 Å². The summed E-state index contributed by atoms with van der Waals surface area (Å²) in [7, 11) is 0. The zero-order valence-corrected chi connectivity index (χ0v) is 13.0. The minimum atomic E-state index is -0.235. The SMILES string of the molecule is CCCNC1C(Oc2cc(F)ccc2C)CCC1(C)C. The van der Waals surface area contributed by atoms with Gasteiger partial charge in [-0.15, -0.1) is 0 Å². The van der Waals surface area contributed by atoms with Crippen molar-refractivity contribution in [3.63, 3.8) is 0 Å². The number of hydrogen-bond donors (Lipinski definition) is 1. The number of nitrogens with one attached hydrogen (secondary N) is 1. The van der Waals surface area contributed by atoms with Crippen LogP contribution in [-0.4, -0.2) is 18.7 Å². The maximum Gasteiger partial charge on any atom is 0.126 e. The molecule has 1 N–H and O–H groups in total. The standard InChI is InChI=1S/C17H26FNO/c1-5-10-19-16-14(8-9-17(16,3)4)20-15-11-13(18)7-6-12(15)2/h6-7,11,14,16,19H,5,8-10H2,1-4H3. The Morgan fingerprint density at radius 2 is 2.15 bits per heavy atom. The molecule has 1 aliphatic carbocycles. The largest absolute Gasteiger partial charge is 0.488 e. The molecule has 2 unspecified atom stereocenters. The molecule has 0 spiro atoms. The second kappa shape index (κ2) is 6.13. The van der Waals surface area contributed by atoms with E-state index in [1.54, 1.807) is 6.07 Å². The van der Waals surface area contributed by atoms with Crippen LogP contribution in [0.25, 0.3) is 0 Å². The molecule has 3 heteroatoms. The molecular weight excluding hydrogens is 253 g/mol. The van der Waals surface area contributed by atoms with Crippen molar-refractivity contribution in [1.82, 2.24) is 5.32 Å². The number of hydrogen-bond acceptors (Lipinski definition) is 2. The van der Waals surface area contributed by atoms with Crippen LogP contribution in [0.4, 0.5) is 4.39 Å². The summed E-state index contributed by atoms with van der Waals surface area (Å²) in [5, 5.41) is 3.61. The lowest BCUT2D eigenvalue weighted by Gasteiger charge is -2.32. The molecule has 1 saturated carbocycles. The highest BCUT2D eigenvalue weighted by Crippen LogP contribution is 2.39.